The van der Waals surface area contributed by atoms with Gasteiger partial charge in [-0.3, -0.25) is 4.79 Å². The van der Waals surface area contributed by atoms with E-state index in [1.165, 1.54) is 0 Å². The van der Waals surface area contributed by atoms with E-state index in [9.17, 15) is 4.79 Å². The number of nitrogens with zero attached hydrogens (tertiary/aromatic N) is 1. The van der Waals surface area contributed by atoms with Crippen molar-refractivity contribution in [3.63, 3.8) is 0 Å². The van der Waals surface area contributed by atoms with E-state index in [0.29, 0.717) is 17.5 Å². The van der Waals surface area contributed by atoms with Crippen molar-refractivity contribution >= 4 is 11.7 Å². The zero-order chi connectivity index (χ0) is 13.1. The Bertz CT molecular complexity index is 445. The highest BCUT2D eigenvalue weighted by molar-refractivity contribution is 5.95. The first-order valence-corrected chi connectivity index (χ1v) is 6.69. The third-order valence-electron chi connectivity index (χ3n) is 3.29. The van der Waals surface area contributed by atoms with Gasteiger partial charge in [-0.1, -0.05) is 13.8 Å². The number of aromatic nitrogens is 1. The number of nitrogens with one attached hydrogen (secondary N) is 2. The summed E-state index contributed by atoms with van der Waals surface area (Å²) in [4.78, 5) is 16.5. The molecule has 1 saturated carbocycles. The third-order valence-corrected chi connectivity index (χ3v) is 3.29. The Labute approximate surface area is 108 Å². The molecule has 1 aromatic heterocycles. The lowest BCUT2D eigenvalue weighted by Gasteiger charge is -2.09. The van der Waals surface area contributed by atoms with Crippen LogP contribution in [0.15, 0.2) is 12.1 Å². The summed E-state index contributed by atoms with van der Waals surface area (Å²) in [5, 5.41) is 6.21. The Balaban J connectivity index is 2.14. The van der Waals surface area contributed by atoms with Gasteiger partial charge in [0.05, 0.1) is 0 Å². The maximum absolute atomic E-state index is 12.1. The van der Waals surface area contributed by atoms with E-state index in [-0.39, 0.29) is 5.91 Å². The summed E-state index contributed by atoms with van der Waals surface area (Å²) in [5.74, 6) is 1.42. The summed E-state index contributed by atoms with van der Waals surface area (Å²) in [6, 6.07) is 4.06. The highest BCUT2D eigenvalue weighted by atomic mass is 16.1. The molecule has 0 radical (unpaired) electrons. The molecule has 2 rings (SSSR count). The molecule has 0 aliphatic heterocycles. The minimum atomic E-state index is 0.0144. The van der Waals surface area contributed by atoms with Gasteiger partial charge in [-0.15, -0.1) is 0 Å². The van der Waals surface area contributed by atoms with Gasteiger partial charge in [-0.2, -0.15) is 0 Å². The molecule has 2 N–H and O–H groups in total. The lowest BCUT2D eigenvalue weighted by Crippen LogP contribution is -2.26. The van der Waals surface area contributed by atoms with E-state index in [4.69, 9.17) is 0 Å². The van der Waals surface area contributed by atoms with Crippen LogP contribution in [-0.4, -0.2) is 23.5 Å². The van der Waals surface area contributed by atoms with Gasteiger partial charge in [0.25, 0.3) is 5.91 Å². The summed E-state index contributed by atoms with van der Waals surface area (Å²) >= 11 is 0. The monoisotopic (exact) mass is 247 g/mol. The van der Waals surface area contributed by atoms with Crippen molar-refractivity contribution in [3.8, 4) is 0 Å². The van der Waals surface area contributed by atoms with Gasteiger partial charge < -0.3 is 10.6 Å². The molecule has 1 heterocycles. The first kappa shape index (κ1) is 12.9. The zero-order valence-electron chi connectivity index (χ0n) is 11.3. The van der Waals surface area contributed by atoms with Gasteiger partial charge in [-0.25, -0.2) is 4.98 Å². The van der Waals surface area contributed by atoms with Crippen LogP contribution in [0.25, 0.3) is 0 Å². The lowest BCUT2D eigenvalue weighted by molar-refractivity contribution is 0.0949. The minimum absolute atomic E-state index is 0.0144. The molecule has 18 heavy (non-hydrogen) atoms. The quantitative estimate of drug-likeness (QED) is 0.838. The van der Waals surface area contributed by atoms with E-state index >= 15 is 0 Å². The summed E-state index contributed by atoms with van der Waals surface area (Å²) in [6.07, 6.45) is 1.93. The van der Waals surface area contributed by atoms with Gasteiger partial charge in [0.15, 0.2) is 0 Å². The Morgan fingerprint density at radius 3 is 2.72 bits per heavy atom. The number of carbonyl (C=O) groups is 1. The van der Waals surface area contributed by atoms with Gasteiger partial charge in [0.2, 0.25) is 0 Å². The molecule has 98 valence electrons. The highest BCUT2D eigenvalue weighted by Crippen LogP contribution is 2.29. The van der Waals surface area contributed by atoms with Crippen LogP contribution in [0.3, 0.4) is 0 Å². The SMILES string of the molecule is CCNc1cc(C(=O)NC2CC2C)cc(CC)n1. The normalized spacial score (nSPS) is 21.5. The molecule has 0 aromatic carbocycles. The molecule has 1 fully saturated rings. The third kappa shape index (κ3) is 3.00. The zero-order valence-corrected chi connectivity index (χ0v) is 11.3. The largest absolute Gasteiger partial charge is 0.370 e. The Morgan fingerprint density at radius 1 is 1.44 bits per heavy atom. The smallest absolute Gasteiger partial charge is 0.251 e. The molecule has 1 aliphatic carbocycles. The predicted octanol–water partition coefficient (Wildman–Crippen LogP) is 2.21. The van der Waals surface area contributed by atoms with Crippen LogP contribution in [0, 0.1) is 5.92 Å². The van der Waals surface area contributed by atoms with E-state index in [1.54, 1.807) is 0 Å². The average Bonchev–Trinajstić information content (AvgIpc) is 3.04. The first-order valence-electron chi connectivity index (χ1n) is 6.69. The first-order chi connectivity index (χ1) is 8.63. The lowest BCUT2D eigenvalue weighted by atomic mass is 10.2. The number of hydrogen-bond donors (Lipinski definition) is 2. The minimum Gasteiger partial charge on any atom is -0.370 e. The fourth-order valence-electron chi connectivity index (χ4n) is 1.95. The standard InChI is InChI=1S/C14H21N3O/c1-4-11-7-10(8-13(16-11)15-5-2)14(18)17-12-6-9(12)3/h7-9,12H,4-6H2,1-3H3,(H,15,16)(H,17,18). The Morgan fingerprint density at radius 2 is 2.17 bits per heavy atom. The molecule has 0 bridgehead atoms. The summed E-state index contributed by atoms with van der Waals surface area (Å²) < 4.78 is 0. The van der Waals surface area contributed by atoms with E-state index < -0.39 is 0 Å². The number of pyridine rings is 1. The van der Waals surface area contributed by atoms with Gasteiger partial charge >= 0.3 is 0 Å². The fourth-order valence-corrected chi connectivity index (χ4v) is 1.95. The maximum atomic E-state index is 12.1. The van der Waals surface area contributed by atoms with Crippen molar-refractivity contribution in [1.82, 2.24) is 10.3 Å². The van der Waals surface area contributed by atoms with Gasteiger partial charge in [0, 0.05) is 23.8 Å². The van der Waals surface area contributed by atoms with Crippen LogP contribution in [0.1, 0.15) is 43.2 Å². The predicted molar refractivity (Wildman–Crippen MR) is 72.8 cm³/mol. The Kier molecular flexibility index (Phi) is 3.84. The maximum Gasteiger partial charge on any atom is 0.251 e. The van der Waals surface area contributed by atoms with E-state index in [2.05, 4.69) is 22.5 Å². The number of rotatable bonds is 5. The number of hydrogen-bond acceptors (Lipinski definition) is 3. The fraction of sp³-hybridized carbons (Fsp3) is 0.571. The molecule has 4 nitrogen and oxygen atoms in total. The van der Waals surface area contributed by atoms with Crippen molar-refractivity contribution in [3.05, 3.63) is 23.4 Å². The highest BCUT2D eigenvalue weighted by Gasteiger charge is 2.34. The molecule has 0 saturated heterocycles. The van der Waals surface area contributed by atoms with Crippen LogP contribution in [0.5, 0.6) is 0 Å². The molecule has 1 aliphatic rings. The number of amides is 1. The van der Waals surface area contributed by atoms with Crippen molar-refractivity contribution in [2.45, 2.75) is 39.7 Å². The topological polar surface area (TPSA) is 54.0 Å². The van der Waals surface area contributed by atoms with Crippen molar-refractivity contribution in [1.29, 1.82) is 0 Å². The summed E-state index contributed by atoms with van der Waals surface area (Å²) in [7, 11) is 0. The summed E-state index contributed by atoms with van der Waals surface area (Å²) in [5.41, 5.74) is 1.65. The second-order valence-electron chi connectivity index (χ2n) is 4.91. The average molecular weight is 247 g/mol. The second-order valence-corrected chi connectivity index (χ2v) is 4.91. The molecule has 2 atom stereocenters. The van der Waals surface area contributed by atoms with Crippen LogP contribution < -0.4 is 10.6 Å². The van der Waals surface area contributed by atoms with Crippen LogP contribution in [0.4, 0.5) is 5.82 Å². The van der Waals surface area contributed by atoms with Gasteiger partial charge in [0.1, 0.15) is 5.82 Å². The molecule has 0 spiro atoms. The molecule has 4 heteroatoms. The van der Waals surface area contributed by atoms with E-state index in [1.807, 2.05) is 26.0 Å². The van der Waals surface area contributed by atoms with E-state index in [0.717, 1.165) is 30.9 Å². The van der Waals surface area contributed by atoms with Crippen molar-refractivity contribution in [2.24, 2.45) is 5.92 Å². The molecule has 1 amide bonds. The van der Waals surface area contributed by atoms with Crippen molar-refractivity contribution < 1.29 is 4.79 Å². The Hall–Kier alpha value is -1.58. The van der Waals surface area contributed by atoms with Crippen LogP contribution in [-0.2, 0) is 6.42 Å². The van der Waals surface area contributed by atoms with Crippen LogP contribution in [0.2, 0.25) is 0 Å². The molecule has 2 unspecified atom stereocenters. The van der Waals surface area contributed by atoms with Crippen LogP contribution >= 0.6 is 0 Å². The summed E-state index contributed by atoms with van der Waals surface area (Å²) in [6.45, 7) is 7.02. The number of carbonyl (C=O) groups excluding carboxylic acids is 1. The number of anilines is 1. The second kappa shape index (κ2) is 5.38. The van der Waals surface area contributed by atoms with Crippen molar-refractivity contribution in [2.75, 3.05) is 11.9 Å². The molecular weight excluding hydrogens is 226 g/mol. The van der Waals surface area contributed by atoms with Gasteiger partial charge in [-0.05, 0) is 37.8 Å². The molecule has 1 aromatic rings. The number of aryl methyl sites for hydroxylation is 1. The molecular formula is C14H21N3O.